The van der Waals surface area contributed by atoms with Gasteiger partial charge >= 0.3 is 6.09 Å². The van der Waals surface area contributed by atoms with Crippen molar-refractivity contribution in [3.8, 4) is 11.5 Å². The molecule has 13 heteroatoms. The van der Waals surface area contributed by atoms with E-state index in [1.807, 2.05) is 44.2 Å². The lowest BCUT2D eigenvalue weighted by atomic mass is 9.86. The monoisotopic (exact) mass is 661 g/mol. The van der Waals surface area contributed by atoms with Crippen LogP contribution in [-0.4, -0.2) is 88.1 Å². The number of nitrogens with zero attached hydrogens (tertiary/aromatic N) is 1. The van der Waals surface area contributed by atoms with Crippen molar-refractivity contribution in [3.63, 3.8) is 0 Å². The van der Waals surface area contributed by atoms with E-state index in [1.165, 1.54) is 16.4 Å². The molecule has 0 spiro atoms. The van der Waals surface area contributed by atoms with Crippen LogP contribution in [0.4, 0.5) is 4.79 Å². The standard InChI is InChI=1S/C33H47N3O9S/c1-33(2,14-7-4-8-15-34)21-36(46(39,40)24-11-12-28-29(18-24)44-22-43-28)19-27(37)26(17-23-9-5-3-6-10-23)35-32(38)45-30-20-42-31-25(30)13-16-41-31/h3,5-6,9-12,18,25-27,30-31,37H,4,7-8,13-17,19-22,34H2,1-2H3,(H,35,38)/t25-,26-,27+,30-,31+/m0/s1. The predicted molar refractivity (Wildman–Crippen MR) is 170 cm³/mol. The first-order valence-electron chi connectivity index (χ1n) is 16.1. The molecule has 5 rings (SSSR count). The number of fused-ring (bicyclic) bond motifs is 2. The SMILES string of the molecule is CC(C)(CCCCCN)CN(C[C@@H](O)[C@H](Cc1ccccc1)NC(=O)O[C@H]1CO[C@H]2OCC[C@H]21)S(=O)(=O)c1ccc2c(c1)OCO2. The number of nitrogens with two attached hydrogens (primary N) is 1. The van der Waals surface area contributed by atoms with E-state index in [9.17, 15) is 18.3 Å². The molecule has 12 nitrogen and oxygen atoms in total. The molecule has 5 atom stereocenters. The number of ether oxygens (including phenoxy) is 5. The Morgan fingerprint density at radius 2 is 1.89 bits per heavy atom. The minimum absolute atomic E-state index is 0.0153. The van der Waals surface area contributed by atoms with E-state index in [2.05, 4.69) is 5.32 Å². The largest absolute Gasteiger partial charge is 0.454 e. The smallest absolute Gasteiger partial charge is 0.407 e. The van der Waals surface area contributed by atoms with Crippen molar-refractivity contribution in [2.45, 2.75) is 81.8 Å². The van der Waals surface area contributed by atoms with E-state index >= 15 is 0 Å². The molecule has 0 unspecified atom stereocenters. The highest BCUT2D eigenvalue weighted by Crippen LogP contribution is 2.36. The van der Waals surface area contributed by atoms with Gasteiger partial charge in [-0.3, -0.25) is 0 Å². The number of unbranched alkanes of at least 4 members (excludes halogenated alkanes) is 2. The highest BCUT2D eigenvalue weighted by molar-refractivity contribution is 7.89. The molecule has 254 valence electrons. The first-order valence-corrected chi connectivity index (χ1v) is 17.5. The normalized spacial score (nSPS) is 22.1. The summed E-state index contributed by atoms with van der Waals surface area (Å²) in [5.74, 6) is 0.775. The first kappa shape index (κ1) is 34.4. The number of aliphatic hydroxyl groups excluding tert-OH is 1. The number of hydrogen-bond donors (Lipinski definition) is 3. The maximum Gasteiger partial charge on any atom is 0.407 e. The van der Waals surface area contributed by atoms with Crippen molar-refractivity contribution >= 4 is 16.1 Å². The number of alkyl carbamates (subject to hydrolysis) is 1. The van der Waals surface area contributed by atoms with Crippen LogP contribution in [0, 0.1) is 11.3 Å². The van der Waals surface area contributed by atoms with Gasteiger partial charge in [-0.15, -0.1) is 0 Å². The first-order chi connectivity index (χ1) is 22.1. The fourth-order valence-corrected chi connectivity index (χ4v) is 7.94. The molecule has 46 heavy (non-hydrogen) atoms. The number of carbonyl (C=O) groups is 1. The number of amides is 1. The van der Waals surface area contributed by atoms with Gasteiger partial charge in [0, 0.05) is 19.2 Å². The van der Waals surface area contributed by atoms with Crippen molar-refractivity contribution in [2.24, 2.45) is 17.1 Å². The zero-order valence-electron chi connectivity index (χ0n) is 26.6. The van der Waals surface area contributed by atoms with Gasteiger partial charge < -0.3 is 39.8 Å². The van der Waals surface area contributed by atoms with E-state index in [0.717, 1.165) is 37.7 Å². The summed E-state index contributed by atoms with van der Waals surface area (Å²) >= 11 is 0. The average molecular weight is 662 g/mol. The zero-order valence-corrected chi connectivity index (χ0v) is 27.5. The Kier molecular flexibility index (Phi) is 11.4. The summed E-state index contributed by atoms with van der Waals surface area (Å²) in [4.78, 5) is 13.2. The van der Waals surface area contributed by atoms with E-state index < -0.39 is 39.8 Å². The summed E-state index contributed by atoms with van der Waals surface area (Å²) in [5.41, 5.74) is 6.13. The molecule has 2 aromatic rings. The third kappa shape index (κ3) is 8.69. The molecule has 0 radical (unpaired) electrons. The van der Waals surface area contributed by atoms with Crippen molar-refractivity contribution in [1.29, 1.82) is 0 Å². The van der Waals surface area contributed by atoms with E-state index in [-0.39, 0.29) is 50.0 Å². The molecule has 2 fully saturated rings. The maximum absolute atomic E-state index is 14.2. The number of rotatable bonds is 16. The molecular weight excluding hydrogens is 614 g/mol. The number of hydrogen-bond acceptors (Lipinski definition) is 10. The van der Waals surface area contributed by atoms with Gasteiger partial charge in [0.05, 0.1) is 36.2 Å². The molecule has 3 aliphatic heterocycles. The van der Waals surface area contributed by atoms with Crippen LogP contribution in [0.2, 0.25) is 0 Å². The van der Waals surface area contributed by atoms with Crippen LogP contribution in [0.3, 0.4) is 0 Å². The average Bonchev–Trinajstić information content (AvgIpc) is 3.78. The summed E-state index contributed by atoms with van der Waals surface area (Å²) in [6, 6.07) is 13.1. The molecular formula is C33H47N3O9S. The Balaban J connectivity index is 1.36. The molecule has 2 saturated heterocycles. The summed E-state index contributed by atoms with van der Waals surface area (Å²) in [5, 5.41) is 14.6. The second-order valence-corrected chi connectivity index (χ2v) is 15.0. The Morgan fingerprint density at radius 3 is 2.67 bits per heavy atom. The van der Waals surface area contributed by atoms with Gasteiger partial charge in [-0.1, -0.05) is 57.0 Å². The topological polar surface area (TPSA) is 159 Å². The summed E-state index contributed by atoms with van der Waals surface area (Å²) in [6.45, 7) is 5.33. The molecule has 0 aliphatic carbocycles. The Labute approximate surface area is 271 Å². The number of benzene rings is 2. The number of carbonyl (C=O) groups excluding carboxylic acids is 1. The fourth-order valence-electron chi connectivity index (χ4n) is 6.27. The van der Waals surface area contributed by atoms with Gasteiger partial charge in [-0.05, 0) is 55.3 Å². The lowest BCUT2D eigenvalue weighted by Gasteiger charge is -2.35. The Morgan fingerprint density at radius 1 is 1.11 bits per heavy atom. The minimum atomic E-state index is -4.11. The third-order valence-electron chi connectivity index (χ3n) is 8.84. The van der Waals surface area contributed by atoms with Crippen molar-refractivity contribution in [1.82, 2.24) is 9.62 Å². The van der Waals surface area contributed by atoms with Gasteiger partial charge in [-0.25, -0.2) is 13.2 Å². The van der Waals surface area contributed by atoms with E-state index in [1.54, 1.807) is 6.07 Å². The van der Waals surface area contributed by atoms with Gasteiger partial charge in [-0.2, -0.15) is 4.31 Å². The van der Waals surface area contributed by atoms with Gasteiger partial charge in [0.1, 0.15) is 6.10 Å². The summed E-state index contributed by atoms with van der Waals surface area (Å²) in [7, 11) is -4.11. The van der Waals surface area contributed by atoms with Gasteiger partial charge in [0.15, 0.2) is 17.8 Å². The number of sulfonamides is 1. The molecule has 3 aliphatic rings. The molecule has 4 N–H and O–H groups in total. The molecule has 3 heterocycles. The fraction of sp³-hybridized carbons (Fsp3) is 0.606. The molecule has 0 bridgehead atoms. The quantitative estimate of drug-likeness (QED) is 0.228. The predicted octanol–water partition coefficient (Wildman–Crippen LogP) is 3.41. The highest BCUT2D eigenvalue weighted by atomic mass is 32.2. The van der Waals surface area contributed by atoms with Gasteiger partial charge in [0.25, 0.3) is 0 Å². The Hall–Kier alpha value is -2.94. The number of nitrogens with one attached hydrogen (secondary N) is 1. The lowest BCUT2D eigenvalue weighted by molar-refractivity contribution is -0.0907. The lowest BCUT2D eigenvalue weighted by Crippen LogP contribution is -2.52. The van der Waals surface area contributed by atoms with Crippen LogP contribution in [0.15, 0.2) is 53.4 Å². The third-order valence-corrected chi connectivity index (χ3v) is 10.7. The molecule has 2 aromatic carbocycles. The van der Waals surface area contributed by atoms with Crippen LogP contribution >= 0.6 is 0 Å². The van der Waals surface area contributed by atoms with Crippen LogP contribution in [-0.2, 0) is 30.7 Å². The molecule has 0 saturated carbocycles. The minimum Gasteiger partial charge on any atom is -0.454 e. The Bertz CT molecular complexity index is 1410. The zero-order chi connectivity index (χ0) is 32.7. The maximum atomic E-state index is 14.2. The van der Waals surface area contributed by atoms with Crippen molar-refractivity contribution in [2.75, 3.05) is 39.6 Å². The summed E-state index contributed by atoms with van der Waals surface area (Å²) < 4.78 is 57.5. The van der Waals surface area contributed by atoms with Crippen LogP contribution in [0.1, 0.15) is 51.5 Å². The second-order valence-electron chi connectivity index (χ2n) is 13.1. The van der Waals surface area contributed by atoms with Crippen LogP contribution in [0.5, 0.6) is 11.5 Å². The van der Waals surface area contributed by atoms with E-state index in [4.69, 9.17) is 29.4 Å². The highest BCUT2D eigenvalue weighted by Gasteiger charge is 2.44. The molecule has 1 amide bonds. The number of aliphatic hydroxyl groups is 1. The van der Waals surface area contributed by atoms with Crippen molar-refractivity contribution in [3.05, 3.63) is 54.1 Å². The van der Waals surface area contributed by atoms with Crippen LogP contribution < -0.4 is 20.5 Å². The van der Waals surface area contributed by atoms with Crippen molar-refractivity contribution < 1.29 is 42.0 Å². The molecule has 0 aromatic heterocycles. The summed E-state index contributed by atoms with van der Waals surface area (Å²) in [6.07, 6.45) is 1.68. The van der Waals surface area contributed by atoms with Gasteiger partial charge in [0.2, 0.25) is 16.8 Å². The van der Waals surface area contributed by atoms with Crippen LogP contribution in [0.25, 0.3) is 0 Å². The van der Waals surface area contributed by atoms with E-state index in [0.29, 0.717) is 24.7 Å². The second kappa shape index (κ2) is 15.3.